The van der Waals surface area contributed by atoms with E-state index in [0.717, 1.165) is 6.42 Å². The van der Waals surface area contributed by atoms with Crippen LogP contribution in [0, 0.1) is 0 Å². The fraction of sp³-hybridized carbons (Fsp3) is 0.364. The number of nitrogens with one attached hydrogen (secondary N) is 1. The van der Waals surface area contributed by atoms with Crippen LogP contribution in [0.4, 0.5) is 0 Å². The highest BCUT2D eigenvalue weighted by molar-refractivity contribution is 6.32. The Morgan fingerprint density at radius 3 is 2.94 bits per heavy atom. The second kappa shape index (κ2) is 5.25. The third-order valence-corrected chi connectivity index (χ3v) is 2.54. The first-order chi connectivity index (χ1) is 8.22. The maximum absolute atomic E-state index is 11.6. The van der Waals surface area contributed by atoms with Crippen LogP contribution in [0.2, 0.25) is 5.02 Å². The molecule has 0 fully saturated rings. The van der Waals surface area contributed by atoms with Gasteiger partial charge in [-0.2, -0.15) is 0 Å². The monoisotopic (exact) mass is 257 g/mol. The number of fused-ring (bicyclic) bond motifs is 1. The Bertz CT molecular complexity index is 436. The third-order valence-electron chi connectivity index (χ3n) is 2.26. The number of hydrogen-bond donors (Lipinski definition) is 1. The summed E-state index contributed by atoms with van der Waals surface area (Å²) in [6, 6.07) is 3.10. The number of hydroxylamine groups is 1. The Morgan fingerprint density at radius 2 is 2.18 bits per heavy atom. The van der Waals surface area contributed by atoms with Gasteiger partial charge in [0.25, 0.3) is 5.91 Å². The summed E-state index contributed by atoms with van der Waals surface area (Å²) >= 11 is 6.04. The zero-order chi connectivity index (χ0) is 12.3. The summed E-state index contributed by atoms with van der Waals surface area (Å²) in [5, 5.41) is 0.352. The molecule has 0 saturated carbocycles. The third kappa shape index (κ3) is 2.62. The Labute approximate surface area is 104 Å². The number of carbonyl (C=O) groups is 1. The van der Waals surface area contributed by atoms with Crippen LogP contribution in [0.25, 0.3) is 0 Å². The van der Waals surface area contributed by atoms with Crippen molar-refractivity contribution in [3.8, 4) is 11.5 Å². The van der Waals surface area contributed by atoms with Crippen LogP contribution in [-0.2, 0) is 4.84 Å². The van der Waals surface area contributed by atoms with Crippen LogP contribution in [-0.4, -0.2) is 26.2 Å². The lowest BCUT2D eigenvalue weighted by Crippen LogP contribution is -2.21. The molecule has 1 aromatic carbocycles. The average Bonchev–Trinajstić information content (AvgIpc) is 2.54. The van der Waals surface area contributed by atoms with Gasteiger partial charge in [-0.05, 0) is 12.1 Å². The van der Waals surface area contributed by atoms with Crippen LogP contribution >= 0.6 is 11.6 Å². The van der Waals surface area contributed by atoms with Gasteiger partial charge >= 0.3 is 0 Å². The minimum Gasteiger partial charge on any atom is -0.489 e. The number of halogens is 1. The standard InChI is InChI=1S/C11H12ClNO4/c1-15-13-11(14)7-5-8(12)10-9(6-7)16-3-2-4-17-10/h5-6H,2-4H2,1H3,(H,13,14). The molecule has 17 heavy (non-hydrogen) atoms. The van der Waals surface area contributed by atoms with Crippen molar-refractivity contribution in [3.63, 3.8) is 0 Å². The number of amides is 1. The topological polar surface area (TPSA) is 56.8 Å². The smallest absolute Gasteiger partial charge is 0.275 e. The van der Waals surface area contributed by atoms with E-state index in [-0.39, 0.29) is 5.91 Å². The van der Waals surface area contributed by atoms with E-state index in [0.29, 0.717) is 35.3 Å². The van der Waals surface area contributed by atoms with Gasteiger partial charge in [0.05, 0.1) is 25.3 Å². The summed E-state index contributed by atoms with van der Waals surface area (Å²) in [6.07, 6.45) is 0.782. The second-order valence-corrected chi connectivity index (χ2v) is 3.88. The van der Waals surface area contributed by atoms with Crippen molar-refractivity contribution in [1.29, 1.82) is 0 Å². The molecule has 2 rings (SSSR count). The summed E-state index contributed by atoms with van der Waals surface area (Å²) in [7, 11) is 1.36. The molecule has 0 aromatic heterocycles. The molecular formula is C11H12ClNO4. The normalized spacial score (nSPS) is 14.0. The molecule has 5 nitrogen and oxygen atoms in total. The Balaban J connectivity index is 2.35. The molecule has 6 heteroatoms. The van der Waals surface area contributed by atoms with Crippen molar-refractivity contribution in [2.45, 2.75) is 6.42 Å². The van der Waals surface area contributed by atoms with E-state index in [1.807, 2.05) is 0 Å². The van der Waals surface area contributed by atoms with Crippen molar-refractivity contribution in [2.24, 2.45) is 0 Å². The maximum Gasteiger partial charge on any atom is 0.275 e. The van der Waals surface area contributed by atoms with Crippen LogP contribution in [0.1, 0.15) is 16.8 Å². The average molecular weight is 258 g/mol. The van der Waals surface area contributed by atoms with Crippen molar-refractivity contribution in [2.75, 3.05) is 20.3 Å². The molecule has 0 spiro atoms. The van der Waals surface area contributed by atoms with E-state index in [4.69, 9.17) is 21.1 Å². The van der Waals surface area contributed by atoms with Crippen molar-refractivity contribution in [1.82, 2.24) is 5.48 Å². The van der Waals surface area contributed by atoms with Gasteiger partial charge < -0.3 is 9.47 Å². The van der Waals surface area contributed by atoms with E-state index >= 15 is 0 Å². The fourth-order valence-electron chi connectivity index (χ4n) is 1.51. The zero-order valence-electron chi connectivity index (χ0n) is 9.29. The van der Waals surface area contributed by atoms with Crippen molar-refractivity contribution in [3.05, 3.63) is 22.7 Å². The number of rotatable bonds is 2. The van der Waals surface area contributed by atoms with E-state index in [2.05, 4.69) is 10.3 Å². The molecule has 1 aromatic rings. The van der Waals surface area contributed by atoms with Gasteiger partial charge in [-0.1, -0.05) is 11.6 Å². The Kier molecular flexibility index (Phi) is 3.71. The predicted octanol–water partition coefficient (Wildman–Crippen LogP) is 1.79. The molecule has 0 atom stereocenters. The lowest BCUT2D eigenvalue weighted by molar-refractivity contribution is 0.0537. The second-order valence-electron chi connectivity index (χ2n) is 3.47. The molecule has 1 aliphatic rings. The van der Waals surface area contributed by atoms with E-state index in [1.54, 1.807) is 6.07 Å². The largest absolute Gasteiger partial charge is 0.489 e. The van der Waals surface area contributed by atoms with E-state index in [1.165, 1.54) is 13.2 Å². The zero-order valence-corrected chi connectivity index (χ0v) is 10.0. The Hall–Kier alpha value is -1.46. The predicted molar refractivity (Wildman–Crippen MR) is 61.5 cm³/mol. The lowest BCUT2D eigenvalue weighted by Gasteiger charge is -2.11. The summed E-state index contributed by atoms with van der Waals surface area (Å²) in [5.74, 6) is 0.583. The molecule has 0 radical (unpaired) electrons. The Morgan fingerprint density at radius 1 is 1.41 bits per heavy atom. The van der Waals surface area contributed by atoms with Gasteiger partial charge in [0, 0.05) is 12.0 Å². The SMILES string of the molecule is CONC(=O)c1cc(Cl)c2c(c1)OCCCO2. The van der Waals surface area contributed by atoms with Gasteiger partial charge in [-0.15, -0.1) is 0 Å². The number of carbonyl (C=O) groups excluding carboxylic acids is 1. The summed E-state index contributed by atoms with van der Waals surface area (Å²) < 4.78 is 10.9. The highest BCUT2D eigenvalue weighted by Gasteiger charge is 2.18. The fourth-order valence-corrected chi connectivity index (χ4v) is 1.78. The molecule has 1 N–H and O–H groups in total. The highest BCUT2D eigenvalue weighted by Crippen LogP contribution is 2.37. The van der Waals surface area contributed by atoms with E-state index in [9.17, 15) is 4.79 Å². The van der Waals surface area contributed by atoms with Crippen LogP contribution in [0.15, 0.2) is 12.1 Å². The van der Waals surface area contributed by atoms with Gasteiger partial charge in [0.1, 0.15) is 0 Å². The molecular weight excluding hydrogens is 246 g/mol. The van der Waals surface area contributed by atoms with Gasteiger partial charge in [-0.3, -0.25) is 9.63 Å². The van der Waals surface area contributed by atoms with Gasteiger partial charge in [0.2, 0.25) is 0 Å². The van der Waals surface area contributed by atoms with Crippen molar-refractivity contribution < 1.29 is 19.1 Å². The maximum atomic E-state index is 11.6. The molecule has 0 aliphatic carbocycles. The minimum absolute atomic E-state index is 0.352. The molecule has 0 unspecified atom stereocenters. The van der Waals surface area contributed by atoms with Gasteiger partial charge in [-0.25, -0.2) is 5.48 Å². The number of ether oxygens (including phenoxy) is 2. The van der Waals surface area contributed by atoms with Crippen LogP contribution in [0.5, 0.6) is 11.5 Å². The molecule has 92 valence electrons. The quantitative estimate of drug-likeness (QED) is 0.821. The van der Waals surface area contributed by atoms with Crippen LogP contribution in [0.3, 0.4) is 0 Å². The summed E-state index contributed by atoms with van der Waals surface area (Å²) in [4.78, 5) is 16.1. The molecule has 0 bridgehead atoms. The number of benzene rings is 1. The van der Waals surface area contributed by atoms with Crippen molar-refractivity contribution >= 4 is 17.5 Å². The van der Waals surface area contributed by atoms with E-state index < -0.39 is 0 Å². The number of hydrogen-bond acceptors (Lipinski definition) is 4. The minimum atomic E-state index is -0.384. The molecule has 1 amide bonds. The lowest BCUT2D eigenvalue weighted by atomic mass is 10.2. The summed E-state index contributed by atoms with van der Waals surface area (Å²) in [5.41, 5.74) is 2.58. The molecule has 1 aliphatic heterocycles. The first-order valence-corrected chi connectivity index (χ1v) is 5.52. The molecule has 1 heterocycles. The highest BCUT2D eigenvalue weighted by atomic mass is 35.5. The molecule has 0 saturated heterocycles. The first-order valence-electron chi connectivity index (χ1n) is 5.15. The summed E-state index contributed by atoms with van der Waals surface area (Å²) in [6.45, 7) is 1.09. The first kappa shape index (κ1) is 12.0. The van der Waals surface area contributed by atoms with Gasteiger partial charge in [0.15, 0.2) is 11.5 Å². The van der Waals surface area contributed by atoms with Crippen LogP contribution < -0.4 is 15.0 Å².